The van der Waals surface area contributed by atoms with E-state index in [1.807, 2.05) is 0 Å². The number of hydrogen-bond acceptors (Lipinski definition) is 3. The summed E-state index contributed by atoms with van der Waals surface area (Å²) in [4.78, 5) is 34.4. The molecule has 1 fully saturated rings. The summed E-state index contributed by atoms with van der Waals surface area (Å²) < 4.78 is 38.0. The van der Waals surface area contributed by atoms with Gasteiger partial charge in [0, 0.05) is 17.6 Å². The summed E-state index contributed by atoms with van der Waals surface area (Å²) >= 11 is 0. The van der Waals surface area contributed by atoms with E-state index in [1.165, 1.54) is 6.07 Å². The third-order valence-corrected chi connectivity index (χ3v) is 4.28. The SMILES string of the molecule is O=C(O)NC1CCC(NC(=O)CNC(=O)c2cccc(C(F)(F)F)c2)CC1. The fraction of sp³-hybridized carbons (Fsp3) is 0.471. The average molecular weight is 387 g/mol. The van der Waals surface area contributed by atoms with Gasteiger partial charge >= 0.3 is 12.3 Å². The Labute approximate surface area is 153 Å². The molecule has 1 aliphatic rings. The number of carbonyl (C=O) groups is 3. The molecule has 0 bridgehead atoms. The molecule has 1 aromatic carbocycles. The summed E-state index contributed by atoms with van der Waals surface area (Å²) in [5, 5.41) is 16.1. The Kier molecular flexibility index (Phi) is 6.65. The smallest absolute Gasteiger partial charge is 0.416 e. The van der Waals surface area contributed by atoms with Crippen LogP contribution in [0.1, 0.15) is 41.6 Å². The monoisotopic (exact) mass is 387 g/mol. The summed E-state index contributed by atoms with van der Waals surface area (Å²) in [7, 11) is 0. The Bertz CT molecular complexity index is 701. The van der Waals surface area contributed by atoms with Crippen molar-refractivity contribution in [3.8, 4) is 0 Å². The van der Waals surface area contributed by atoms with Crippen molar-refractivity contribution in [2.45, 2.75) is 43.9 Å². The van der Waals surface area contributed by atoms with Crippen LogP contribution in [0.15, 0.2) is 24.3 Å². The molecule has 27 heavy (non-hydrogen) atoms. The van der Waals surface area contributed by atoms with E-state index in [2.05, 4.69) is 16.0 Å². The van der Waals surface area contributed by atoms with Gasteiger partial charge in [0.05, 0.1) is 12.1 Å². The molecule has 0 heterocycles. The van der Waals surface area contributed by atoms with Gasteiger partial charge in [-0.3, -0.25) is 9.59 Å². The maximum atomic E-state index is 12.7. The number of alkyl halides is 3. The highest BCUT2D eigenvalue weighted by atomic mass is 19.4. The topological polar surface area (TPSA) is 108 Å². The molecule has 10 heteroatoms. The number of amides is 3. The zero-order valence-electron chi connectivity index (χ0n) is 14.3. The summed E-state index contributed by atoms with van der Waals surface area (Å²) in [6.45, 7) is -0.359. The molecule has 0 atom stereocenters. The fourth-order valence-corrected chi connectivity index (χ4v) is 2.93. The quantitative estimate of drug-likeness (QED) is 0.621. The third kappa shape index (κ3) is 6.46. The molecule has 0 radical (unpaired) electrons. The van der Waals surface area contributed by atoms with Crippen LogP contribution in [0.3, 0.4) is 0 Å². The van der Waals surface area contributed by atoms with Crippen LogP contribution in [0.4, 0.5) is 18.0 Å². The molecule has 148 valence electrons. The predicted molar refractivity (Wildman–Crippen MR) is 89.1 cm³/mol. The lowest BCUT2D eigenvalue weighted by atomic mass is 9.91. The predicted octanol–water partition coefficient (Wildman–Crippen LogP) is 2.13. The summed E-state index contributed by atoms with van der Waals surface area (Å²) in [5.41, 5.74) is -1.12. The van der Waals surface area contributed by atoms with E-state index in [0.29, 0.717) is 25.7 Å². The Balaban J connectivity index is 1.77. The second-order valence-electron chi connectivity index (χ2n) is 6.33. The standard InChI is InChI=1S/C17H20F3N3O4/c18-17(19,20)11-3-1-2-10(8-11)15(25)21-9-14(24)22-12-4-6-13(7-5-12)23-16(26)27/h1-3,8,12-13,23H,4-7,9H2,(H,21,25)(H,22,24)(H,26,27). The van der Waals surface area contributed by atoms with Gasteiger partial charge in [0.15, 0.2) is 0 Å². The fourth-order valence-electron chi connectivity index (χ4n) is 2.93. The second-order valence-corrected chi connectivity index (χ2v) is 6.33. The van der Waals surface area contributed by atoms with Crippen molar-refractivity contribution in [2.75, 3.05) is 6.54 Å². The molecule has 7 nitrogen and oxygen atoms in total. The molecular formula is C17H20F3N3O4. The van der Waals surface area contributed by atoms with Crippen molar-refractivity contribution in [1.82, 2.24) is 16.0 Å². The van der Waals surface area contributed by atoms with Gasteiger partial charge < -0.3 is 21.1 Å². The lowest BCUT2D eigenvalue weighted by molar-refractivity contribution is -0.137. The Morgan fingerprint density at radius 2 is 1.63 bits per heavy atom. The van der Waals surface area contributed by atoms with Gasteiger partial charge in [-0.1, -0.05) is 6.07 Å². The van der Waals surface area contributed by atoms with Crippen LogP contribution >= 0.6 is 0 Å². The largest absolute Gasteiger partial charge is 0.465 e. The van der Waals surface area contributed by atoms with E-state index in [9.17, 15) is 27.6 Å². The van der Waals surface area contributed by atoms with Crippen LogP contribution in [0.25, 0.3) is 0 Å². The molecule has 0 saturated heterocycles. The zero-order chi connectivity index (χ0) is 20.0. The lowest BCUT2D eigenvalue weighted by Gasteiger charge is -2.28. The number of rotatable bonds is 5. The number of halogens is 3. The highest BCUT2D eigenvalue weighted by Crippen LogP contribution is 2.29. The molecular weight excluding hydrogens is 367 g/mol. The maximum absolute atomic E-state index is 12.7. The van der Waals surface area contributed by atoms with Gasteiger partial charge in [0.2, 0.25) is 5.91 Å². The molecule has 0 aromatic heterocycles. The summed E-state index contributed by atoms with van der Waals surface area (Å²) in [5.74, 6) is -1.23. The normalized spacial score (nSPS) is 19.8. The van der Waals surface area contributed by atoms with Crippen LogP contribution < -0.4 is 16.0 Å². The van der Waals surface area contributed by atoms with Gasteiger partial charge in [-0.15, -0.1) is 0 Å². The molecule has 1 saturated carbocycles. The van der Waals surface area contributed by atoms with Crippen LogP contribution in [0, 0.1) is 0 Å². The van der Waals surface area contributed by atoms with E-state index >= 15 is 0 Å². The van der Waals surface area contributed by atoms with Gasteiger partial charge in [-0.05, 0) is 43.9 Å². The lowest BCUT2D eigenvalue weighted by Crippen LogP contribution is -2.46. The van der Waals surface area contributed by atoms with Crippen molar-refractivity contribution in [1.29, 1.82) is 0 Å². The first kappa shape index (κ1) is 20.5. The highest BCUT2D eigenvalue weighted by molar-refractivity contribution is 5.96. The van der Waals surface area contributed by atoms with E-state index < -0.39 is 29.6 Å². The number of carboxylic acid groups (broad SMARTS) is 1. The van der Waals surface area contributed by atoms with Gasteiger partial charge in [-0.25, -0.2) is 4.79 Å². The highest BCUT2D eigenvalue weighted by Gasteiger charge is 2.31. The van der Waals surface area contributed by atoms with Crippen LogP contribution in [0.2, 0.25) is 0 Å². The van der Waals surface area contributed by atoms with Crippen molar-refractivity contribution in [2.24, 2.45) is 0 Å². The van der Waals surface area contributed by atoms with Crippen molar-refractivity contribution >= 4 is 17.9 Å². The van der Waals surface area contributed by atoms with Crippen LogP contribution in [-0.4, -0.2) is 41.6 Å². The van der Waals surface area contributed by atoms with Gasteiger partial charge in [0.25, 0.3) is 5.91 Å². The average Bonchev–Trinajstić information content (AvgIpc) is 2.60. The minimum Gasteiger partial charge on any atom is -0.465 e. The van der Waals surface area contributed by atoms with Crippen molar-refractivity contribution < 1.29 is 32.7 Å². The number of hydrogen-bond donors (Lipinski definition) is 4. The molecule has 1 aliphatic carbocycles. The van der Waals surface area contributed by atoms with Crippen LogP contribution in [-0.2, 0) is 11.0 Å². The number of benzene rings is 1. The molecule has 1 aromatic rings. The Hall–Kier alpha value is -2.78. The molecule has 4 N–H and O–H groups in total. The third-order valence-electron chi connectivity index (χ3n) is 4.28. The molecule has 0 unspecified atom stereocenters. The first-order chi connectivity index (χ1) is 12.6. The number of nitrogens with one attached hydrogen (secondary N) is 3. The van der Waals surface area contributed by atoms with E-state index in [-0.39, 0.29) is 24.2 Å². The summed E-state index contributed by atoms with van der Waals surface area (Å²) in [6, 6.07) is 3.68. The van der Waals surface area contributed by atoms with Crippen LogP contribution in [0.5, 0.6) is 0 Å². The first-order valence-corrected chi connectivity index (χ1v) is 8.39. The molecule has 2 rings (SSSR count). The zero-order valence-corrected chi connectivity index (χ0v) is 14.3. The van der Waals surface area contributed by atoms with Crippen molar-refractivity contribution in [3.63, 3.8) is 0 Å². The number of carbonyl (C=O) groups excluding carboxylic acids is 2. The molecule has 3 amide bonds. The minimum absolute atomic E-state index is 0.130. The maximum Gasteiger partial charge on any atom is 0.416 e. The summed E-state index contributed by atoms with van der Waals surface area (Å²) in [6.07, 6.45) is -3.26. The van der Waals surface area contributed by atoms with E-state index in [1.54, 1.807) is 0 Å². The first-order valence-electron chi connectivity index (χ1n) is 8.39. The van der Waals surface area contributed by atoms with Crippen molar-refractivity contribution in [3.05, 3.63) is 35.4 Å². The minimum atomic E-state index is -4.55. The van der Waals surface area contributed by atoms with E-state index in [4.69, 9.17) is 5.11 Å². The Morgan fingerprint density at radius 1 is 1.04 bits per heavy atom. The molecule has 0 spiro atoms. The Morgan fingerprint density at radius 3 is 2.19 bits per heavy atom. The van der Waals surface area contributed by atoms with E-state index in [0.717, 1.165) is 18.2 Å². The molecule has 0 aliphatic heterocycles. The van der Waals surface area contributed by atoms with Gasteiger partial charge in [-0.2, -0.15) is 13.2 Å². The second kappa shape index (κ2) is 8.74. The van der Waals surface area contributed by atoms with Gasteiger partial charge in [0.1, 0.15) is 0 Å².